The summed E-state index contributed by atoms with van der Waals surface area (Å²) in [6.07, 6.45) is 1.37. The van der Waals surface area contributed by atoms with E-state index < -0.39 is 23.5 Å². The van der Waals surface area contributed by atoms with E-state index in [1.807, 2.05) is 0 Å². The van der Waals surface area contributed by atoms with E-state index in [1.165, 1.54) is 12.3 Å². The first-order chi connectivity index (χ1) is 8.51. The Morgan fingerprint density at radius 2 is 2.39 bits per heavy atom. The van der Waals surface area contributed by atoms with Crippen molar-refractivity contribution in [2.24, 2.45) is 0 Å². The Kier molecular flexibility index (Phi) is 4.55. The quantitative estimate of drug-likeness (QED) is 0.440. The molecule has 0 radical (unpaired) electrons. The molecule has 0 amide bonds. The summed E-state index contributed by atoms with van der Waals surface area (Å²) >= 11 is 0. The topological polar surface area (TPSA) is 115 Å². The van der Waals surface area contributed by atoms with Crippen molar-refractivity contribution in [2.45, 2.75) is 13.0 Å². The number of hydrogen-bond donors (Lipinski definition) is 2. The van der Waals surface area contributed by atoms with Gasteiger partial charge in [-0.1, -0.05) is 0 Å². The Morgan fingerprint density at radius 1 is 1.72 bits per heavy atom. The zero-order valence-electron chi connectivity index (χ0n) is 9.91. The van der Waals surface area contributed by atoms with Crippen LogP contribution < -0.4 is 5.32 Å². The van der Waals surface area contributed by atoms with Gasteiger partial charge < -0.3 is 15.2 Å². The van der Waals surface area contributed by atoms with Gasteiger partial charge in [0.2, 0.25) is 5.82 Å². The molecule has 98 valence electrons. The van der Waals surface area contributed by atoms with Crippen LogP contribution in [0.2, 0.25) is 0 Å². The van der Waals surface area contributed by atoms with E-state index in [1.54, 1.807) is 6.92 Å². The standard InChI is InChI=1S/C10H13N3O5/c1-6-3-4-11-9(8(6)13(16)17)12-7(5-14)10(15)18-2/h3-4,7,14H,5H2,1-2H3,(H,11,12). The molecule has 0 spiro atoms. The Morgan fingerprint density at radius 3 is 2.89 bits per heavy atom. The number of nitro groups is 1. The van der Waals surface area contributed by atoms with E-state index in [-0.39, 0.29) is 11.5 Å². The summed E-state index contributed by atoms with van der Waals surface area (Å²) < 4.78 is 4.45. The van der Waals surface area contributed by atoms with Crippen molar-refractivity contribution in [3.8, 4) is 0 Å². The summed E-state index contributed by atoms with van der Waals surface area (Å²) in [5.41, 5.74) is 0.166. The number of methoxy groups -OCH3 is 1. The maximum absolute atomic E-state index is 11.3. The van der Waals surface area contributed by atoms with Crippen LogP contribution in [-0.2, 0) is 9.53 Å². The van der Waals surface area contributed by atoms with Gasteiger partial charge >= 0.3 is 11.7 Å². The zero-order valence-corrected chi connectivity index (χ0v) is 9.91. The molecule has 0 saturated carbocycles. The third-order valence-electron chi connectivity index (χ3n) is 2.29. The van der Waals surface area contributed by atoms with Gasteiger partial charge in [0.15, 0.2) is 0 Å². The van der Waals surface area contributed by atoms with Crippen LogP contribution in [0.4, 0.5) is 11.5 Å². The van der Waals surface area contributed by atoms with E-state index >= 15 is 0 Å². The molecule has 8 heteroatoms. The van der Waals surface area contributed by atoms with Gasteiger partial charge in [0, 0.05) is 11.8 Å². The van der Waals surface area contributed by atoms with Crippen LogP contribution in [0.15, 0.2) is 12.3 Å². The lowest BCUT2D eigenvalue weighted by atomic mass is 10.2. The van der Waals surface area contributed by atoms with Gasteiger partial charge in [-0.15, -0.1) is 0 Å². The number of hydrogen-bond acceptors (Lipinski definition) is 7. The van der Waals surface area contributed by atoms with Gasteiger partial charge in [0.1, 0.15) is 6.04 Å². The van der Waals surface area contributed by atoms with Crippen molar-refractivity contribution in [3.63, 3.8) is 0 Å². The average Bonchev–Trinajstić information content (AvgIpc) is 2.34. The van der Waals surface area contributed by atoms with Crippen LogP contribution in [0.3, 0.4) is 0 Å². The zero-order chi connectivity index (χ0) is 13.7. The van der Waals surface area contributed by atoms with Gasteiger partial charge in [-0.05, 0) is 13.0 Å². The predicted molar refractivity (Wildman–Crippen MR) is 62.1 cm³/mol. The number of nitrogens with one attached hydrogen (secondary N) is 1. The molecular formula is C10H13N3O5. The number of aliphatic hydroxyl groups is 1. The fourth-order valence-corrected chi connectivity index (χ4v) is 1.37. The third kappa shape index (κ3) is 2.92. The molecule has 2 N–H and O–H groups in total. The van der Waals surface area contributed by atoms with Crippen LogP contribution in [0.1, 0.15) is 5.56 Å². The summed E-state index contributed by atoms with van der Waals surface area (Å²) in [5.74, 6) is -0.806. The molecule has 1 heterocycles. The number of ether oxygens (including phenoxy) is 1. The maximum Gasteiger partial charge on any atom is 0.330 e. The number of aliphatic hydroxyl groups excluding tert-OH is 1. The third-order valence-corrected chi connectivity index (χ3v) is 2.29. The monoisotopic (exact) mass is 255 g/mol. The lowest BCUT2D eigenvalue weighted by Crippen LogP contribution is -2.34. The summed E-state index contributed by atoms with van der Waals surface area (Å²) in [7, 11) is 1.16. The largest absolute Gasteiger partial charge is 0.467 e. The predicted octanol–water partition coefficient (Wildman–Crippen LogP) is 0.244. The number of nitrogens with zero attached hydrogens (tertiary/aromatic N) is 2. The molecule has 1 rings (SSSR count). The Hall–Kier alpha value is -2.22. The Balaban J connectivity index is 3.06. The number of aromatic nitrogens is 1. The van der Waals surface area contributed by atoms with E-state index in [2.05, 4.69) is 15.0 Å². The number of esters is 1. The van der Waals surface area contributed by atoms with Crippen molar-refractivity contribution >= 4 is 17.5 Å². The van der Waals surface area contributed by atoms with Gasteiger partial charge in [0.25, 0.3) is 0 Å². The van der Waals surface area contributed by atoms with Crippen molar-refractivity contribution < 1.29 is 19.6 Å². The first-order valence-corrected chi connectivity index (χ1v) is 5.06. The number of carbonyl (C=O) groups excluding carboxylic acids is 1. The van der Waals surface area contributed by atoms with Crippen LogP contribution >= 0.6 is 0 Å². The normalized spacial score (nSPS) is 11.7. The molecule has 1 atom stereocenters. The van der Waals surface area contributed by atoms with E-state index in [4.69, 9.17) is 5.11 Å². The first kappa shape index (κ1) is 13.8. The summed E-state index contributed by atoms with van der Waals surface area (Å²) in [5, 5.41) is 22.4. The van der Waals surface area contributed by atoms with E-state index in [0.717, 1.165) is 7.11 Å². The van der Waals surface area contributed by atoms with Crippen molar-refractivity contribution in [1.29, 1.82) is 0 Å². The number of anilines is 1. The minimum Gasteiger partial charge on any atom is -0.467 e. The lowest BCUT2D eigenvalue weighted by molar-refractivity contribution is -0.384. The molecule has 0 aliphatic carbocycles. The van der Waals surface area contributed by atoms with E-state index in [9.17, 15) is 14.9 Å². The summed E-state index contributed by atoms with van der Waals surface area (Å²) in [6, 6.07) is 0.387. The Bertz CT molecular complexity index is 463. The second-order valence-electron chi connectivity index (χ2n) is 3.48. The number of pyridine rings is 1. The highest BCUT2D eigenvalue weighted by atomic mass is 16.6. The molecule has 0 aliphatic rings. The highest BCUT2D eigenvalue weighted by Gasteiger charge is 2.24. The molecule has 0 aromatic carbocycles. The highest BCUT2D eigenvalue weighted by molar-refractivity contribution is 5.80. The van der Waals surface area contributed by atoms with Crippen molar-refractivity contribution in [3.05, 3.63) is 27.9 Å². The molecule has 0 aliphatic heterocycles. The second-order valence-corrected chi connectivity index (χ2v) is 3.48. The first-order valence-electron chi connectivity index (χ1n) is 5.06. The fourth-order valence-electron chi connectivity index (χ4n) is 1.37. The molecule has 8 nitrogen and oxygen atoms in total. The molecular weight excluding hydrogens is 242 g/mol. The van der Waals surface area contributed by atoms with Crippen molar-refractivity contribution in [2.75, 3.05) is 19.0 Å². The SMILES string of the molecule is COC(=O)C(CO)Nc1nccc(C)c1[N+](=O)[O-]. The van der Waals surface area contributed by atoms with Gasteiger partial charge in [0.05, 0.1) is 18.6 Å². The highest BCUT2D eigenvalue weighted by Crippen LogP contribution is 2.25. The van der Waals surface area contributed by atoms with Crippen LogP contribution in [0, 0.1) is 17.0 Å². The number of aryl methyl sites for hydroxylation is 1. The molecule has 0 fully saturated rings. The Labute approximate surface area is 103 Å². The molecule has 1 unspecified atom stereocenters. The molecule has 0 saturated heterocycles. The van der Waals surface area contributed by atoms with Gasteiger partial charge in [-0.3, -0.25) is 10.1 Å². The van der Waals surface area contributed by atoms with Crippen LogP contribution in [0.5, 0.6) is 0 Å². The maximum atomic E-state index is 11.3. The molecule has 18 heavy (non-hydrogen) atoms. The van der Waals surface area contributed by atoms with Gasteiger partial charge in [-0.2, -0.15) is 0 Å². The van der Waals surface area contributed by atoms with Gasteiger partial charge in [-0.25, -0.2) is 9.78 Å². The van der Waals surface area contributed by atoms with Crippen molar-refractivity contribution in [1.82, 2.24) is 4.98 Å². The molecule has 1 aromatic rings. The molecule has 1 aromatic heterocycles. The van der Waals surface area contributed by atoms with Crippen LogP contribution in [0.25, 0.3) is 0 Å². The lowest BCUT2D eigenvalue weighted by Gasteiger charge is -2.14. The minimum absolute atomic E-state index is 0.0792. The fraction of sp³-hybridized carbons (Fsp3) is 0.400. The number of carbonyl (C=O) groups is 1. The second kappa shape index (κ2) is 5.92. The molecule has 0 bridgehead atoms. The average molecular weight is 255 g/mol. The smallest absolute Gasteiger partial charge is 0.330 e. The summed E-state index contributed by atoms with van der Waals surface area (Å²) in [4.78, 5) is 25.4. The summed E-state index contributed by atoms with van der Waals surface area (Å²) in [6.45, 7) is 0.997. The minimum atomic E-state index is -1.09. The van der Waals surface area contributed by atoms with Crippen LogP contribution in [-0.4, -0.2) is 40.7 Å². The number of rotatable bonds is 5. The van der Waals surface area contributed by atoms with E-state index in [0.29, 0.717) is 5.56 Å².